The van der Waals surface area contributed by atoms with Crippen molar-refractivity contribution in [2.75, 3.05) is 5.32 Å². The molecule has 0 aliphatic rings. The van der Waals surface area contributed by atoms with Crippen LogP contribution in [-0.4, -0.2) is 16.1 Å². The Morgan fingerprint density at radius 2 is 2.05 bits per heavy atom. The number of hydrogen-bond donors (Lipinski definition) is 2. The largest absolute Gasteiger partial charge is 0.321 e. The maximum absolute atomic E-state index is 12.4. The number of anilines is 1. The molecule has 0 bridgehead atoms. The second-order valence-corrected chi connectivity index (χ2v) is 5.32. The number of nitrogens with one attached hydrogen (secondary N) is 2. The number of halogens is 1. The van der Waals surface area contributed by atoms with Crippen molar-refractivity contribution in [3.8, 4) is 0 Å². The first-order chi connectivity index (χ1) is 9.66. The Labute approximate surface area is 124 Å². The average molecular weight is 330 g/mol. The van der Waals surface area contributed by atoms with Gasteiger partial charge < -0.3 is 5.32 Å². The van der Waals surface area contributed by atoms with E-state index in [1.54, 1.807) is 12.3 Å². The van der Waals surface area contributed by atoms with E-state index in [0.717, 1.165) is 26.6 Å². The lowest BCUT2D eigenvalue weighted by atomic mass is 10.1. The molecule has 3 aromatic rings. The molecule has 0 aliphatic carbocycles. The van der Waals surface area contributed by atoms with Crippen LogP contribution in [0.1, 0.15) is 15.9 Å². The van der Waals surface area contributed by atoms with Crippen LogP contribution in [0.3, 0.4) is 0 Å². The van der Waals surface area contributed by atoms with Crippen LogP contribution in [-0.2, 0) is 0 Å². The molecular formula is C15H12BrN3O. The minimum absolute atomic E-state index is 0.144. The van der Waals surface area contributed by atoms with E-state index in [9.17, 15) is 4.79 Å². The van der Waals surface area contributed by atoms with Gasteiger partial charge in [-0.05, 0) is 46.6 Å². The highest BCUT2D eigenvalue weighted by atomic mass is 79.9. The van der Waals surface area contributed by atoms with E-state index >= 15 is 0 Å². The summed E-state index contributed by atoms with van der Waals surface area (Å²) in [5.41, 5.74) is 3.28. The van der Waals surface area contributed by atoms with Gasteiger partial charge in [0.25, 0.3) is 5.91 Å². The van der Waals surface area contributed by atoms with Crippen LogP contribution >= 0.6 is 15.9 Å². The highest BCUT2D eigenvalue weighted by molar-refractivity contribution is 9.10. The lowest BCUT2D eigenvalue weighted by molar-refractivity contribution is 0.102. The molecule has 100 valence electrons. The molecular weight excluding hydrogens is 318 g/mol. The van der Waals surface area contributed by atoms with Crippen molar-refractivity contribution in [1.29, 1.82) is 0 Å². The topological polar surface area (TPSA) is 57.8 Å². The molecule has 0 unspecified atom stereocenters. The van der Waals surface area contributed by atoms with Crippen molar-refractivity contribution in [2.45, 2.75) is 6.92 Å². The maximum atomic E-state index is 12.4. The van der Waals surface area contributed by atoms with Gasteiger partial charge >= 0.3 is 0 Å². The molecule has 4 nitrogen and oxygen atoms in total. The smallest absolute Gasteiger partial charge is 0.256 e. The normalized spacial score (nSPS) is 10.7. The molecule has 2 N–H and O–H groups in total. The summed E-state index contributed by atoms with van der Waals surface area (Å²) in [6.07, 6.45) is 1.70. The summed E-state index contributed by atoms with van der Waals surface area (Å²) in [4.78, 5) is 12.4. The summed E-state index contributed by atoms with van der Waals surface area (Å²) in [5.74, 6) is -0.144. The zero-order valence-corrected chi connectivity index (χ0v) is 12.4. The standard InChI is InChI=1S/C15H12BrN3O/c1-9-4-2-5-10(14(9)16)15(20)18-12-6-3-7-13-11(12)8-17-19-13/h2-8H,1H3,(H,17,19)(H,18,20). The van der Waals surface area contributed by atoms with E-state index in [4.69, 9.17) is 0 Å². The number of carbonyl (C=O) groups excluding carboxylic acids is 1. The van der Waals surface area contributed by atoms with E-state index in [-0.39, 0.29) is 5.91 Å². The summed E-state index contributed by atoms with van der Waals surface area (Å²) in [6, 6.07) is 11.3. The van der Waals surface area contributed by atoms with Gasteiger partial charge in [0, 0.05) is 9.86 Å². The maximum Gasteiger partial charge on any atom is 0.256 e. The van der Waals surface area contributed by atoms with Crippen molar-refractivity contribution >= 4 is 38.4 Å². The number of aromatic nitrogens is 2. The minimum atomic E-state index is -0.144. The molecule has 1 aromatic heterocycles. The zero-order chi connectivity index (χ0) is 14.1. The molecule has 0 saturated carbocycles. The van der Waals surface area contributed by atoms with Gasteiger partial charge in [0.15, 0.2) is 0 Å². The summed E-state index contributed by atoms with van der Waals surface area (Å²) in [6.45, 7) is 1.96. The van der Waals surface area contributed by atoms with Gasteiger partial charge in [-0.2, -0.15) is 5.10 Å². The molecule has 0 fully saturated rings. The number of aromatic amines is 1. The number of amides is 1. The Hall–Kier alpha value is -2.14. The highest BCUT2D eigenvalue weighted by Gasteiger charge is 2.13. The second-order valence-electron chi connectivity index (χ2n) is 4.53. The van der Waals surface area contributed by atoms with Crippen LogP contribution in [0.25, 0.3) is 10.9 Å². The fraction of sp³-hybridized carbons (Fsp3) is 0.0667. The van der Waals surface area contributed by atoms with Gasteiger partial charge in [-0.25, -0.2) is 0 Å². The average Bonchev–Trinajstić information content (AvgIpc) is 2.91. The Balaban J connectivity index is 1.97. The van der Waals surface area contributed by atoms with Crippen LogP contribution in [0.15, 0.2) is 47.1 Å². The lowest BCUT2D eigenvalue weighted by Gasteiger charge is -2.09. The van der Waals surface area contributed by atoms with E-state index in [1.165, 1.54) is 0 Å². The summed E-state index contributed by atoms with van der Waals surface area (Å²) in [7, 11) is 0. The fourth-order valence-electron chi connectivity index (χ4n) is 2.09. The van der Waals surface area contributed by atoms with Crippen LogP contribution < -0.4 is 5.32 Å². The summed E-state index contributed by atoms with van der Waals surface area (Å²) < 4.78 is 0.817. The third-order valence-corrected chi connectivity index (χ3v) is 4.22. The monoisotopic (exact) mass is 329 g/mol. The highest BCUT2D eigenvalue weighted by Crippen LogP contribution is 2.25. The first-order valence-electron chi connectivity index (χ1n) is 6.15. The van der Waals surface area contributed by atoms with Gasteiger partial charge in [-0.15, -0.1) is 0 Å². The predicted molar refractivity (Wildman–Crippen MR) is 82.9 cm³/mol. The van der Waals surface area contributed by atoms with Gasteiger partial charge in [0.1, 0.15) is 0 Å². The van der Waals surface area contributed by atoms with Crippen molar-refractivity contribution in [3.05, 3.63) is 58.2 Å². The predicted octanol–water partition coefficient (Wildman–Crippen LogP) is 3.89. The molecule has 2 aromatic carbocycles. The number of rotatable bonds is 2. The Morgan fingerprint density at radius 3 is 2.90 bits per heavy atom. The van der Waals surface area contributed by atoms with Gasteiger partial charge in [-0.3, -0.25) is 9.89 Å². The third-order valence-electron chi connectivity index (χ3n) is 3.17. The quantitative estimate of drug-likeness (QED) is 0.749. The third kappa shape index (κ3) is 2.20. The Kier molecular flexibility index (Phi) is 3.28. The summed E-state index contributed by atoms with van der Waals surface area (Å²) in [5, 5.41) is 10.7. The molecule has 0 saturated heterocycles. The zero-order valence-electron chi connectivity index (χ0n) is 10.8. The molecule has 3 rings (SSSR count). The number of benzene rings is 2. The van der Waals surface area contributed by atoms with E-state index < -0.39 is 0 Å². The number of nitrogens with zero attached hydrogens (tertiary/aromatic N) is 1. The van der Waals surface area contributed by atoms with Crippen molar-refractivity contribution in [2.24, 2.45) is 0 Å². The first-order valence-corrected chi connectivity index (χ1v) is 6.94. The van der Waals surface area contributed by atoms with Crippen molar-refractivity contribution in [1.82, 2.24) is 10.2 Å². The van der Waals surface area contributed by atoms with Gasteiger partial charge in [0.2, 0.25) is 0 Å². The molecule has 5 heteroatoms. The summed E-state index contributed by atoms with van der Waals surface area (Å²) >= 11 is 3.46. The SMILES string of the molecule is Cc1cccc(C(=O)Nc2cccc3[nH]ncc23)c1Br. The lowest BCUT2D eigenvalue weighted by Crippen LogP contribution is -2.13. The minimum Gasteiger partial charge on any atom is -0.321 e. The molecule has 0 atom stereocenters. The Morgan fingerprint density at radius 1 is 1.25 bits per heavy atom. The number of carbonyl (C=O) groups is 1. The molecule has 20 heavy (non-hydrogen) atoms. The molecule has 0 spiro atoms. The molecule has 0 radical (unpaired) electrons. The number of H-pyrrole nitrogens is 1. The second kappa shape index (κ2) is 5.09. The number of fused-ring (bicyclic) bond motifs is 1. The molecule has 1 amide bonds. The number of aryl methyl sites for hydroxylation is 1. The first kappa shape index (κ1) is 12.9. The van der Waals surface area contributed by atoms with Crippen LogP contribution in [0.4, 0.5) is 5.69 Å². The van der Waals surface area contributed by atoms with Crippen LogP contribution in [0.5, 0.6) is 0 Å². The molecule has 0 aliphatic heterocycles. The van der Waals surface area contributed by atoms with E-state index in [0.29, 0.717) is 5.56 Å². The van der Waals surface area contributed by atoms with Crippen LogP contribution in [0, 0.1) is 6.92 Å². The fourth-order valence-corrected chi connectivity index (χ4v) is 2.53. The molecule has 1 heterocycles. The van der Waals surface area contributed by atoms with Crippen molar-refractivity contribution in [3.63, 3.8) is 0 Å². The van der Waals surface area contributed by atoms with Crippen LogP contribution in [0.2, 0.25) is 0 Å². The Bertz CT molecular complexity index is 795. The number of hydrogen-bond acceptors (Lipinski definition) is 2. The van der Waals surface area contributed by atoms with E-state index in [1.807, 2.05) is 37.3 Å². The van der Waals surface area contributed by atoms with Gasteiger partial charge in [-0.1, -0.05) is 18.2 Å². The van der Waals surface area contributed by atoms with E-state index in [2.05, 4.69) is 31.4 Å². The van der Waals surface area contributed by atoms with Crippen molar-refractivity contribution < 1.29 is 4.79 Å². The van der Waals surface area contributed by atoms with Gasteiger partial charge in [0.05, 0.1) is 23.0 Å².